The molecule has 142 valence electrons. The largest absolute Gasteiger partial charge is 0.513 e. The summed E-state index contributed by atoms with van der Waals surface area (Å²) in [6.07, 6.45) is 6.25. The van der Waals surface area contributed by atoms with Crippen LogP contribution >= 0.6 is 0 Å². The number of unbranched alkanes of at least 4 members (excludes halogenated alkanes) is 2. The second-order valence-electron chi connectivity index (χ2n) is 7.81. The number of benzene rings is 1. The van der Waals surface area contributed by atoms with E-state index < -0.39 is 0 Å². The molecule has 1 atom stereocenters. The van der Waals surface area contributed by atoms with E-state index in [4.69, 9.17) is 0 Å². The van der Waals surface area contributed by atoms with Crippen LogP contribution in [0.15, 0.2) is 42.2 Å². The van der Waals surface area contributed by atoms with Gasteiger partial charge in [-0.3, -0.25) is 9.59 Å². The Bertz CT molecular complexity index is 638. The lowest BCUT2D eigenvalue weighted by atomic mass is 9.78. The van der Waals surface area contributed by atoms with Crippen molar-refractivity contribution in [2.24, 2.45) is 5.41 Å². The molecule has 0 aliphatic heterocycles. The number of aliphatic hydroxyl groups excluding tert-OH is 1. The molecular weight excluding hydrogens is 328 g/mol. The molecule has 1 aliphatic rings. The second kappa shape index (κ2) is 9.41. The van der Waals surface area contributed by atoms with Crippen molar-refractivity contribution in [3.05, 3.63) is 47.7 Å². The third-order valence-corrected chi connectivity index (χ3v) is 4.57. The molecule has 5 nitrogen and oxygen atoms in total. The zero-order chi connectivity index (χ0) is 19.0. The van der Waals surface area contributed by atoms with E-state index in [2.05, 4.69) is 24.5 Å². The van der Waals surface area contributed by atoms with E-state index in [0.717, 1.165) is 25.7 Å². The maximum Gasteiger partial charge on any atom is 0.251 e. The van der Waals surface area contributed by atoms with Gasteiger partial charge < -0.3 is 15.7 Å². The van der Waals surface area contributed by atoms with Gasteiger partial charge in [-0.15, -0.1) is 0 Å². The molecule has 0 heterocycles. The number of aliphatic hydroxyl groups is 1. The zero-order valence-electron chi connectivity index (χ0n) is 15.8. The summed E-state index contributed by atoms with van der Waals surface area (Å²) in [4.78, 5) is 23.9. The molecule has 0 aromatic heterocycles. The molecule has 0 radical (unpaired) electrons. The first-order valence-corrected chi connectivity index (χ1v) is 9.38. The third-order valence-electron chi connectivity index (χ3n) is 4.57. The Balaban J connectivity index is 1.58. The monoisotopic (exact) mass is 358 g/mol. The normalized spacial score (nSPS) is 18.7. The number of carbonyl (C=O) groups excluding carboxylic acids is 2. The number of allylic oxidation sites excluding steroid dienone is 1. The quantitative estimate of drug-likeness (QED) is 0.620. The fourth-order valence-electron chi connectivity index (χ4n) is 3.36. The SMILES string of the molecule is CC1(C)CC(O)=CC(NC(=O)CCCCCNC(=O)c2ccccc2)C1. The van der Waals surface area contributed by atoms with Crippen molar-refractivity contribution in [2.75, 3.05) is 6.54 Å². The Labute approximate surface area is 155 Å². The Morgan fingerprint density at radius 3 is 2.58 bits per heavy atom. The number of nitrogens with one attached hydrogen (secondary N) is 2. The van der Waals surface area contributed by atoms with Crippen LogP contribution < -0.4 is 10.6 Å². The lowest BCUT2D eigenvalue weighted by Crippen LogP contribution is -2.39. The second-order valence-corrected chi connectivity index (χ2v) is 7.81. The van der Waals surface area contributed by atoms with Gasteiger partial charge in [-0.05, 0) is 42.9 Å². The molecule has 2 rings (SSSR count). The van der Waals surface area contributed by atoms with Crippen molar-refractivity contribution in [1.82, 2.24) is 10.6 Å². The molecule has 26 heavy (non-hydrogen) atoms. The predicted molar refractivity (Wildman–Crippen MR) is 103 cm³/mol. The van der Waals surface area contributed by atoms with Crippen LogP contribution in [0.3, 0.4) is 0 Å². The molecule has 0 fully saturated rings. The first-order chi connectivity index (χ1) is 12.4. The van der Waals surface area contributed by atoms with Crippen molar-refractivity contribution in [3.8, 4) is 0 Å². The fraction of sp³-hybridized carbons (Fsp3) is 0.524. The van der Waals surface area contributed by atoms with Crippen LogP contribution in [0.5, 0.6) is 0 Å². The zero-order valence-corrected chi connectivity index (χ0v) is 15.8. The van der Waals surface area contributed by atoms with E-state index >= 15 is 0 Å². The van der Waals surface area contributed by atoms with Crippen molar-refractivity contribution >= 4 is 11.8 Å². The van der Waals surface area contributed by atoms with Crippen LogP contribution in [0.25, 0.3) is 0 Å². The molecule has 1 aromatic carbocycles. The molecule has 3 N–H and O–H groups in total. The van der Waals surface area contributed by atoms with E-state index in [1.165, 1.54) is 0 Å². The van der Waals surface area contributed by atoms with Gasteiger partial charge in [-0.2, -0.15) is 0 Å². The van der Waals surface area contributed by atoms with Crippen LogP contribution in [0.4, 0.5) is 0 Å². The average Bonchev–Trinajstić information content (AvgIpc) is 2.56. The highest BCUT2D eigenvalue weighted by Gasteiger charge is 2.29. The molecule has 0 saturated heterocycles. The molecule has 5 heteroatoms. The van der Waals surface area contributed by atoms with Crippen LogP contribution in [0.2, 0.25) is 0 Å². The van der Waals surface area contributed by atoms with Crippen molar-refractivity contribution < 1.29 is 14.7 Å². The van der Waals surface area contributed by atoms with Gasteiger partial charge in [0.15, 0.2) is 0 Å². The summed E-state index contributed by atoms with van der Waals surface area (Å²) in [5.74, 6) is 0.320. The van der Waals surface area contributed by atoms with Crippen LogP contribution in [0, 0.1) is 5.41 Å². The smallest absolute Gasteiger partial charge is 0.251 e. The van der Waals surface area contributed by atoms with E-state index in [0.29, 0.717) is 30.7 Å². The number of hydrogen-bond acceptors (Lipinski definition) is 3. The minimum absolute atomic E-state index is 0.00768. The minimum atomic E-state index is -0.0867. The third kappa shape index (κ3) is 6.90. The molecular formula is C21H30N2O3. The topological polar surface area (TPSA) is 78.4 Å². The van der Waals surface area contributed by atoms with Gasteiger partial charge in [0.1, 0.15) is 0 Å². The van der Waals surface area contributed by atoms with Gasteiger partial charge >= 0.3 is 0 Å². The summed E-state index contributed by atoms with van der Waals surface area (Å²) in [6, 6.07) is 9.06. The van der Waals surface area contributed by atoms with Crippen molar-refractivity contribution in [1.29, 1.82) is 0 Å². The highest BCUT2D eigenvalue weighted by Crippen LogP contribution is 2.34. The molecule has 2 amide bonds. The fourth-order valence-corrected chi connectivity index (χ4v) is 3.36. The molecule has 0 saturated carbocycles. The Hall–Kier alpha value is -2.30. The highest BCUT2D eigenvalue weighted by atomic mass is 16.3. The predicted octanol–water partition coefficient (Wildman–Crippen LogP) is 3.72. The van der Waals surface area contributed by atoms with Crippen LogP contribution in [-0.2, 0) is 4.79 Å². The Kier molecular flexibility index (Phi) is 7.25. The summed E-state index contributed by atoms with van der Waals surface area (Å²) in [5, 5.41) is 15.7. The first-order valence-electron chi connectivity index (χ1n) is 9.38. The lowest BCUT2D eigenvalue weighted by Gasteiger charge is -2.33. The average molecular weight is 358 g/mol. The van der Waals surface area contributed by atoms with Crippen molar-refractivity contribution in [3.63, 3.8) is 0 Å². The molecule has 0 bridgehead atoms. The number of hydrogen-bond donors (Lipinski definition) is 3. The van der Waals surface area contributed by atoms with E-state index in [1.807, 2.05) is 18.2 Å². The molecule has 1 aliphatic carbocycles. The molecule has 1 unspecified atom stereocenters. The number of carbonyl (C=O) groups is 2. The summed E-state index contributed by atoms with van der Waals surface area (Å²) >= 11 is 0. The van der Waals surface area contributed by atoms with E-state index in [1.54, 1.807) is 18.2 Å². The number of amides is 2. The van der Waals surface area contributed by atoms with Gasteiger partial charge in [0.05, 0.1) is 11.8 Å². The summed E-state index contributed by atoms with van der Waals surface area (Å²) < 4.78 is 0. The maximum atomic E-state index is 12.1. The summed E-state index contributed by atoms with van der Waals surface area (Å²) in [5.41, 5.74) is 0.673. The van der Waals surface area contributed by atoms with Crippen molar-refractivity contribution in [2.45, 2.75) is 58.4 Å². The van der Waals surface area contributed by atoms with E-state index in [-0.39, 0.29) is 23.3 Å². The minimum Gasteiger partial charge on any atom is -0.513 e. The van der Waals surface area contributed by atoms with Gasteiger partial charge in [0, 0.05) is 24.9 Å². The van der Waals surface area contributed by atoms with Gasteiger partial charge in [0.25, 0.3) is 5.91 Å². The summed E-state index contributed by atoms with van der Waals surface area (Å²) in [7, 11) is 0. The van der Waals surface area contributed by atoms with E-state index in [9.17, 15) is 14.7 Å². The van der Waals surface area contributed by atoms with Gasteiger partial charge in [-0.25, -0.2) is 0 Å². The standard InChI is InChI=1S/C21H30N2O3/c1-21(2)14-17(13-18(24)15-21)23-19(25)11-7-4-8-12-22-20(26)16-9-5-3-6-10-16/h3,5-6,9-10,13,17,24H,4,7-8,11-12,14-15H2,1-2H3,(H,22,26)(H,23,25). The Morgan fingerprint density at radius 1 is 1.15 bits per heavy atom. The maximum absolute atomic E-state index is 12.1. The number of rotatable bonds is 8. The summed E-state index contributed by atoms with van der Waals surface area (Å²) in [6.45, 7) is 4.81. The van der Waals surface area contributed by atoms with Crippen LogP contribution in [0.1, 0.15) is 62.7 Å². The highest BCUT2D eigenvalue weighted by molar-refractivity contribution is 5.94. The Morgan fingerprint density at radius 2 is 1.88 bits per heavy atom. The van der Waals surface area contributed by atoms with Gasteiger partial charge in [0.2, 0.25) is 5.91 Å². The molecule has 1 aromatic rings. The first kappa shape index (κ1) is 20.0. The molecule has 0 spiro atoms. The van der Waals surface area contributed by atoms with Gasteiger partial charge in [-0.1, -0.05) is 38.5 Å². The lowest BCUT2D eigenvalue weighted by molar-refractivity contribution is -0.121. The van der Waals surface area contributed by atoms with Crippen LogP contribution in [-0.4, -0.2) is 29.5 Å².